The second-order valence-corrected chi connectivity index (χ2v) is 12.4. The van der Waals surface area contributed by atoms with Crippen LogP contribution in [0.25, 0.3) is 0 Å². The molecular weight excluding hydrogens is 672 g/mol. The van der Waals surface area contributed by atoms with Gasteiger partial charge in [-0.3, -0.25) is 0 Å². The van der Waals surface area contributed by atoms with Gasteiger partial charge in [0.05, 0.1) is 11.8 Å². The number of phenols is 11. The van der Waals surface area contributed by atoms with Crippen LogP contribution < -0.4 is 9.47 Å². The minimum atomic E-state index is -1.81. The third-order valence-electron chi connectivity index (χ3n) is 9.24. The van der Waals surface area contributed by atoms with Crippen LogP contribution in [0, 0.1) is 0 Å². The molecule has 6 unspecified atom stereocenters. The number of benzene rings is 5. The molecule has 51 heavy (non-hydrogen) atoms. The minimum Gasteiger partial charge on any atom is -0.508 e. The van der Waals surface area contributed by atoms with Crippen molar-refractivity contribution in [2.75, 3.05) is 0 Å². The Bertz CT molecular complexity index is 2190. The Morgan fingerprint density at radius 1 is 0.373 bits per heavy atom. The number of aliphatic hydroxyl groups is 2. The molecule has 0 spiro atoms. The molecule has 5 aromatic carbocycles. The van der Waals surface area contributed by atoms with Crippen LogP contribution in [0.2, 0.25) is 0 Å². The average molecular weight is 703 g/mol. The van der Waals surface area contributed by atoms with Crippen LogP contribution in [0.5, 0.6) is 74.7 Å². The zero-order valence-electron chi connectivity index (χ0n) is 25.9. The summed E-state index contributed by atoms with van der Waals surface area (Å²) in [7, 11) is 0. The number of rotatable bonds is 4. The van der Waals surface area contributed by atoms with Crippen molar-refractivity contribution < 1.29 is 75.9 Å². The second-order valence-electron chi connectivity index (χ2n) is 12.4. The Kier molecular flexibility index (Phi) is 7.61. The number of hydrogen-bond acceptors (Lipinski definition) is 15. The molecule has 0 fully saturated rings. The monoisotopic (exact) mass is 702 g/mol. The van der Waals surface area contributed by atoms with Gasteiger partial charge in [0, 0.05) is 52.6 Å². The maximum Gasteiger partial charge on any atom is 0.157 e. The quantitative estimate of drug-likeness (QED) is 0.119. The summed E-state index contributed by atoms with van der Waals surface area (Å²) in [4.78, 5) is 0. The Morgan fingerprint density at radius 2 is 0.784 bits per heavy atom. The van der Waals surface area contributed by atoms with Crippen molar-refractivity contribution in [3.63, 3.8) is 0 Å². The predicted molar refractivity (Wildman–Crippen MR) is 173 cm³/mol. The van der Waals surface area contributed by atoms with Gasteiger partial charge in [-0.25, -0.2) is 0 Å². The molecule has 0 aromatic heterocycles. The highest BCUT2D eigenvalue weighted by Crippen LogP contribution is 2.61. The van der Waals surface area contributed by atoms with E-state index in [0.717, 1.165) is 54.6 Å². The summed E-state index contributed by atoms with van der Waals surface area (Å²) in [6, 6.07) is 11.7. The summed E-state index contributed by atoms with van der Waals surface area (Å²) in [5.41, 5.74) is -1.10. The summed E-state index contributed by atoms with van der Waals surface area (Å²) in [5.74, 6) is -10.4. The largest absolute Gasteiger partial charge is 0.508 e. The lowest BCUT2D eigenvalue weighted by molar-refractivity contribution is -0.00356. The van der Waals surface area contributed by atoms with E-state index in [1.165, 1.54) is 12.1 Å². The highest BCUT2D eigenvalue weighted by molar-refractivity contribution is 5.69. The van der Waals surface area contributed by atoms with Gasteiger partial charge in [0.1, 0.15) is 64.0 Å². The van der Waals surface area contributed by atoms with Crippen molar-refractivity contribution >= 4 is 0 Å². The normalized spacial score (nSPS) is 22.3. The molecule has 2 aliphatic heterocycles. The fourth-order valence-electron chi connectivity index (χ4n) is 7.02. The van der Waals surface area contributed by atoms with Crippen LogP contribution in [0.15, 0.2) is 66.7 Å². The maximum atomic E-state index is 12.0. The van der Waals surface area contributed by atoms with Gasteiger partial charge in [-0.05, 0) is 35.4 Å². The van der Waals surface area contributed by atoms with Crippen molar-refractivity contribution in [3.05, 3.63) is 100 Å². The third kappa shape index (κ3) is 5.22. The Morgan fingerprint density at radius 3 is 1.27 bits per heavy atom. The van der Waals surface area contributed by atoms with Crippen molar-refractivity contribution in [1.29, 1.82) is 0 Å². The highest BCUT2D eigenvalue weighted by atomic mass is 16.5. The molecule has 7 rings (SSSR count). The van der Waals surface area contributed by atoms with Gasteiger partial charge in [-0.15, -0.1) is 0 Å². The van der Waals surface area contributed by atoms with Crippen LogP contribution in [0.1, 0.15) is 57.4 Å². The fourth-order valence-corrected chi connectivity index (χ4v) is 7.02. The first-order chi connectivity index (χ1) is 24.2. The Labute approximate surface area is 286 Å². The molecule has 6 atom stereocenters. The van der Waals surface area contributed by atoms with E-state index >= 15 is 0 Å². The van der Waals surface area contributed by atoms with Gasteiger partial charge in [0.25, 0.3) is 0 Å². The first-order valence-electron chi connectivity index (χ1n) is 15.3. The van der Waals surface area contributed by atoms with Crippen LogP contribution >= 0.6 is 0 Å². The van der Waals surface area contributed by atoms with Crippen molar-refractivity contribution in [2.24, 2.45) is 0 Å². The van der Waals surface area contributed by atoms with Crippen LogP contribution in [0.3, 0.4) is 0 Å². The van der Waals surface area contributed by atoms with E-state index in [2.05, 4.69) is 0 Å². The van der Waals surface area contributed by atoms with E-state index in [0.29, 0.717) is 0 Å². The van der Waals surface area contributed by atoms with Crippen molar-refractivity contribution in [3.8, 4) is 74.7 Å². The molecule has 264 valence electrons. The summed E-state index contributed by atoms with van der Waals surface area (Å²) in [5, 5.41) is 141. The summed E-state index contributed by atoms with van der Waals surface area (Å²) in [6.07, 6.45) is -6.57. The maximum absolute atomic E-state index is 12.0. The van der Waals surface area contributed by atoms with Gasteiger partial charge >= 0.3 is 0 Å². The lowest BCUT2D eigenvalue weighted by Gasteiger charge is -2.42. The molecule has 2 heterocycles. The first-order valence-corrected chi connectivity index (χ1v) is 15.3. The van der Waals surface area contributed by atoms with Crippen LogP contribution in [-0.4, -0.2) is 78.6 Å². The van der Waals surface area contributed by atoms with Gasteiger partial charge in [0.2, 0.25) is 0 Å². The zero-order chi connectivity index (χ0) is 36.6. The fraction of sp³-hybridized carbons (Fsp3) is 0.167. The van der Waals surface area contributed by atoms with Gasteiger partial charge in [0.15, 0.2) is 35.2 Å². The van der Waals surface area contributed by atoms with E-state index in [-0.39, 0.29) is 33.6 Å². The molecule has 15 nitrogen and oxygen atoms in total. The highest BCUT2D eigenvalue weighted by Gasteiger charge is 2.49. The van der Waals surface area contributed by atoms with E-state index in [9.17, 15) is 66.4 Å². The van der Waals surface area contributed by atoms with E-state index in [1.54, 1.807) is 0 Å². The van der Waals surface area contributed by atoms with Gasteiger partial charge in [-0.1, -0.05) is 12.1 Å². The number of phenolic OH excluding ortho intramolecular Hbond substituents is 11. The molecule has 0 aliphatic carbocycles. The lowest BCUT2D eigenvalue weighted by atomic mass is 9.74. The first kappa shape index (κ1) is 32.9. The van der Waals surface area contributed by atoms with Gasteiger partial charge < -0.3 is 75.9 Å². The van der Waals surface area contributed by atoms with E-state index < -0.39 is 111 Å². The Hall–Kier alpha value is -6.58. The predicted octanol–water partition coefficient (Wildman–Crippen LogP) is 3.70. The minimum absolute atomic E-state index is 0.0260. The number of aliphatic hydroxyl groups excluding tert-OH is 2. The van der Waals surface area contributed by atoms with Crippen LogP contribution in [0.4, 0.5) is 0 Å². The number of ether oxygens (including phenoxy) is 2. The molecular formula is C36H30O15. The number of aromatic hydroxyl groups is 11. The smallest absolute Gasteiger partial charge is 0.157 e. The second kappa shape index (κ2) is 11.8. The van der Waals surface area contributed by atoms with Crippen molar-refractivity contribution in [1.82, 2.24) is 0 Å². The van der Waals surface area contributed by atoms with E-state index in [1.807, 2.05) is 0 Å². The van der Waals surface area contributed by atoms with Crippen LogP contribution in [-0.2, 0) is 0 Å². The topological polar surface area (TPSA) is 281 Å². The van der Waals surface area contributed by atoms with Crippen molar-refractivity contribution in [2.45, 2.75) is 36.3 Å². The SMILES string of the molecule is Oc1cc(O)c(C2c3c(O)cc(O)c(C4c5c(O)cc(O)cc5OC(c5ccc(O)c(O)c5)C4O)c3OC(c3ccc(O)c(O)c3)C2O)c(O)c1. The lowest BCUT2D eigenvalue weighted by Crippen LogP contribution is -2.38. The van der Waals surface area contributed by atoms with Gasteiger partial charge in [-0.2, -0.15) is 0 Å². The summed E-state index contributed by atoms with van der Waals surface area (Å²) >= 11 is 0. The molecule has 0 radical (unpaired) electrons. The standard InChI is InChI=1S/C36H30O15/c37-14-7-20(43)26(21(44)8-14)30-28-23(46)11-24(47)29(36(28)51-35(32(30)48)13-2-4-17(40)19(42)6-13)31-27-22(45)9-15(38)10-25(27)50-34(33(31)49)12-1-3-16(39)18(41)5-12/h1-11,30-35,37-49H. The van der Waals surface area contributed by atoms with E-state index in [4.69, 9.17) is 9.47 Å². The molecule has 5 aromatic rings. The Balaban J connectivity index is 1.53. The molecule has 2 aliphatic rings. The average Bonchev–Trinajstić information content (AvgIpc) is 3.04. The summed E-state index contributed by atoms with van der Waals surface area (Å²) in [6.45, 7) is 0. The molecule has 15 heteroatoms. The molecule has 0 saturated carbocycles. The molecule has 13 N–H and O–H groups in total. The zero-order valence-corrected chi connectivity index (χ0v) is 25.9. The molecule has 0 saturated heterocycles. The third-order valence-corrected chi connectivity index (χ3v) is 9.24. The number of fused-ring (bicyclic) bond motifs is 2. The summed E-state index contributed by atoms with van der Waals surface area (Å²) < 4.78 is 12.3. The number of hydrogen-bond donors (Lipinski definition) is 13. The molecule has 0 amide bonds. The molecule has 0 bridgehead atoms.